The molecule has 15 heavy (non-hydrogen) atoms. The standard InChI is InChI=1S/C8H4F3N.BH2O2/c9-8(10,11)7-3-1-2-6(4-7)5-12;2-1-3/h1-4H;2-3H. The first-order valence-electron chi connectivity index (χ1n) is 3.63. The molecule has 0 saturated heterocycles. The number of nitrogens with zero attached hydrogens (tertiary/aromatic N) is 1. The van der Waals surface area contributed by atoms with Crippen molar-refractivity contribution in [2.75, 3.05) is 0 Å². The molecule has 0 amide bonds. The first-order valence-corrected chi connectivity index (χ1v) is 3.63. The van der Waals surface area contributed by atoms with Crippen LogP contribution < -0.4 is 0 Å². The first kappa shape index (κ1) is 13.5. The average Bonchev–Trinajstić information content (AvgIpc) is 2.18. The number of hydrogen-bond acceptors (Lipinski definition) is 3. The largest absolute Gasteiger partial charge is 0.482 e. The lowest BCUT2D eigenvalue weighted by molar-refractivity contribution is -0.137. The Hall–Kier alpha value is -1.52. The molecular formula is C8H6BF3NO2. The van der Waals surface area contributed by atoms with Crippen LogP contribution in [-0.2, 0) is 6.18 Å². The van der Waals surface area contributed by atoms with E-state index >= 15 is 0 Å². The molecule has 1 rings (SSSR count). The molecule has 1 aromatic rings. The Kier molecular flexibility index (Phi) is 5.45. The Balaban J connectivity index is 0.000000583. The molecule has 0 spiro atoms. The molecule has 0 unspecified atom stereocenters. The monoisotopic (exact) mass is 216 g/mol. The molecule has 0 aliphatic carbocycles. The molecule has 0 aliphatic rings. The van der Waals surface area contributed by atoms with Crippen molar-refractivity contribution in [3.63, 3.8) is 0 Å². The normalized spacial score (nSPS) is 9.60. The molecule has 0 fully saturated rings. The van der Waals surface area contributed by atoms with E-state index in [4.69, 9.17) is 15.3 Å². The van der Waals surface area contributed by atoms with Gasteiger partial charge in [0.1, 0.15) is 0 Å². The molecule has 3 nitrogen and oxygen atoms in total. The predicted octanol–water partition coefficient (Wildman–Crippen LogP) is 1.08. The van der Waals surface area contributed by atoms with Gasteiger partial charge in [0.25, 0.3) is 0 Å². The molecule has 0 bridgehead atoms. The van der Waals surface area contributed by atoms with Gasteiger partial charge in [-0.25, -0.2) is 0 Å². The Morgan fingerprint density at radius 3 is 2.20 bits per heavy atom. The van der Waals surface area contributed by atoms with Crippen LogP contribution in [0.2, 0.25) is 0 Å². The maximum atomic E-state index is 12.0. The highest BCUT2D eigenvalue weighted by atomic mass is 19.4. The Bertz CT molecular complexity index is 348. The molecule has 0 atom stereocenters. The number of alkyl halides is 3. The van der Waals surface area contributed by atoms with Crippen LogP contribution in [0.5, 0.6) is 0 Å². The molecular weight excluding hydrogens is 210 g/mol. The van der Waals surface area contributed by atoms with Crippen molar-refractivity contribution in [1.82, 2.24) is 0 Å². The minimum absolute atomic E-state index is 0. The summed E-state index contributed by atoms with van der Waals surface area (Å²) in [5.41, 5.74) is -0.772. The van der Waals surface area contributed by atoms with Gasteiger partial charge in [-0.2, -0.15) is 18.4 Å². The molecule has 0 heterocycles. The van der Waals surface area contributed by atoms with Gasteiger partial charge >= 0.3 is 13.9 Å². The van der Waals surface area contributed by atoms with Gasteiger partial charge in [0, 0.05) is 0 Å². The summed E-state index contributed by atoms with van der Waals surface area (Å²) in [5.74, 6) is 0. The van der Waals surface area contributed by atoms with E-state index < -0.39 is 11.7 Å². The van der Waals surface area contributed by atoms with Crippen LogP contribution in [0.1, 0.15) is 11.1 Å². The van der Waals surface area contributed by atoms with E-state index in [9.17, 15) is 13.2 Å². The summed E-state index contributed by atoms with van der Waals surface area (Å²) in [6.45, 7) is 0. The fourth-order valence-corrected chi connectivity index (χ4v) is 0.765. The maximum Gasteiger partial charge on any atom is 0.482 e. The lowest BCUT2D eigenvalue weighted by Crippen LogP contribution is -2.04. The summed E-state index contributed by atoms with van der Waals surface area (Å²) in [4.78, 5) is 0. The Morgan fingerprint density at radius 2 is 1.80 bits per heavy atom. The second-order valence-corrected chi connectivity index (χ2v) is 2.31. The van der Waals surface area contributed by atoms with Gasteiger partial charge in [-0.3, -0.25) is 0 Å². The van der Waals surface area contributed by atoms with Crippen molar-refractivity contribution in [2.24, 2.45) is 0 Å². The van der Waals surface area contributed by atoms with Crippen molar-refractivity contribution >= 4 is 7.69 Å². The molecule has 1 aromatic carbocycles. The van der Waals surface area contributed by atoms with E-state index in [0.29, 0.717) is 0 Å². The fourth-order valence-electron chi connectivity index (χ4n) is 0.765. The van der Waals surface area contributed by atoms with Crippen LogP contribution in [0.3, 0.4) is 0 Å². The fraction of sp³-hybridized carbons (Fsp3) is 0.125. The minimum atomic E-state index is -4.37. The van der Waals surface area contributed by atoms with Gasteiger partial charge in [0.15, 0.2) is 0 Å². The van der Waals surface area contributed by atoms with E-state index in [1.807, 2.05) is 0 Å². The van der Waals surface area contributed by atoms with Crippen LogP contribution in [0.25, 0.3) is 0 Å². The zero-order valence-corrected chi connectivity index (χ0v) is 7.36. The SMILES string of the molecule is N#Cc1cccc(C(F)(F)F)c1.O[B]O. The molecule has 0 saturated carbocycles. The highest BCUT2D eigenvalue weighted by molar-refractivity contribution is 6.13. The first-order chi connectivity index (χ1) is 6.95. The summed E-state index contributed by atoms with van der Waals surface area (Å²) in [6, 6.07) is 5.93. The van der Waals surface area contributed by atoms with Crippen LogP contribution in [0, 0.1) is 11.3 Å². The van der Waals surface area contributed by atoms with Crippen LogP contribution >= 0.6 is 0 Å². The van der Waals surface area contributed by atoms with E-state index in [-0.39, 0.29) is 13.2 Å². The second-order valence-electron chi connectivity index (χ2n) is 2.31. The van der Waals surface area contributed by atoms with Crippen molar-refractivity contribution in [1.29, 1.82) is 5.26 Å². The van der Waals surface area contributed by atoms with Gasteiger partial charge in [-0.1, -0.05) is 6.07 Å². The molecule has 79 valence electrons. The summed E-state index contributed by atoms with van der Waals surface area (Å²) >= 11 is 0. The summed E-state index contributed by atoms with van der Waals surface area (Å²) in [5, 5.41) is 22.3. The number of rotatable bonds is 0. The van der Waals surface area contributed by atoms with Crippen molar-refractivity contribution in [3.05, 3.63) is 35.4 Å². The number of halogens is 3. The lowest BCUT2D eigenvalue weighted by Gasteiger charge is -2.05. The highest BCUT2D eigenvalue weighted by Gasteiger charge is 2.30. The summed E-state index contributed by atoms with van der Waals surface area (Å²) < 4.78 is 36.0. The number of nitriles is 1. The third kappa shape index (κ3) is 5.05. The van der Waals surface area contributed by atoms with Gasteiger partial charge in [-0.15, -0.1) is 0 Å². The van der Waals surface area contributed by atoms with Gasteiger partial charge in [0.05, 0.1) is 17.2 Å². The Morgan fingerprint density at radius 1 is 1.27 bits per heavy atom. The van der Waals surface area contributed by atoms with Crippen LogP contribution in [0.15, 0.2) is 24.3 Å². The highest BCUT2D eigenvalue weighted by Crippen LogP contribution is 2.29. The minimum Gasteiger partial charge on any atom is -0.429 e. The average molecular weight is 216 g/mol. The number of hydrogen-bond donors (Lipinski definition) is 2. The smallest absolute Gasteiger partial charge is 0.429 e. The topological polar surface area (TPSA) is 64.2 Å². The zero-order valence-electron chi connectivity index (χ0n) is 7.36. The van der Waals surface area contributed by atoms with Crippen molar-refractivity contribution in [3.8, 4) is 6.07 Å². The van der Waals surface area contributed by atoms with Crippen molar-refractivity contribution < 1.29 is 23.2 Å². The summed E-state index contributed by atoms with van der Waals surface area (Å²) in [7, 11) is 0. The van der Waals surface area contributed by atoms with Gasteiger partial charge in [-0.05, 0) is 18.2 Å². The quantitative estimate of drug-likeness (QED) is 0.637. The molecule has 7 heteroatoms. The molecule has 2 N–H and O–H groups in total. The Labute approximate surface area is 84.7 Å². The van der Waals surface area contributed by atoms with E-state index in [0.717, 1.165) is 12.1 Å². The zero-order chi connectivity index (χ0) is 11.9. The second kappa shape index (κ2) is 6.06. The van der Waals surface area contributed by atoms with Gasteiger partial charge < -0.3 is 10.0 Å². The predicted molar refractivity (Wildman–Crippen MR) is 46.4 cm³/mol. The van der Waals surface area contributed by atoms with Crippen LogP contribution in [-0.4, -0.2) is 17.7 Å². The lowest BCUT2D eigenvalue weighted by atomic mass is 10.1. The van der Waals surface area contributed by atoms with E-state index in [1.165, 1.54) is 12.1 Å². The van der Waals surface area contributed by atoms with Crippen LogP contribution in [0.4, 0.5) is 13.2 Å². The third-order valence-corrected chi connectivity index (χ3v) is 1.32. The van der Waals surface area contributed by atoms with Gasteiger partial charge in [0.2, 0.25) is 0 Å². The number of benzene rings is 1. The summed E-state index contributed by atoms with van der Waals surface area (Å²) in [6.07, 6.45) is -4.37. The van der Waals surface area contributed by atoms with Crippen molar-refractivity contribution in [2.45, 2.75) is 6.18 Å². The molecule has 0 aromatic heterocycles. The molecule has 0 aliphatic heterocycles. The van der Waals surface area contributed by atoms with E-state index in [2.05, 4.69) is 0 Å². The third-order valence-electron chi connectivity index (χ3n) is 1.32. The van der Waals surface area contributed by atoms with E-state index in [1.54, 1.807) is 6.07 Å². The maximum absolute atomic E-state index is 12.0. The molecule has 1 radical (unpaired) electrons.